The van der Waals surface area contributed by atoms with E-state index in [9.17, 15) is 9.59 Å². The third kappa shape index (κ3) is 4.36. The molecule has 0 aromatic carbocycles. The summed E-state index contributed by atoms with van der Waals surface area (Å²) >= 11 is 1.49. The number of carbonyl (C=O) groups is 2. The highest BCUT2D eigenvalue weighted by atomic mass is 32.1. The zero-order chi connectivity index (χ0) is 18.8. The Morgan fingerprint density at radius 1 is 1.22 bits per heavy atom. The van der Waals surface area contributed by atoms with E-state index < -0.39 is 0 Å². The summed E-state index contributed by atoms with van der Waals surface area (Å²) in [4.78, 5) is 31.1. The first-order valence-electron chi connectivity index (χ1n) is 10.1. The molecule has 6 nitrogen and oxygen atoms in total. The molecule has 148 valence electrons. The number of hydrogen-bond donors (Lipinski definition) is 1. The Kier molecular flexibility index (Phi) is 5.80. The number of carbonyl (C=O) groups excluding carboxylic acids is 2. The van der Waals surface area contributed by atoms with Gasteiger partial charge in [-0.3, -0.25) is 9.59 Å². The molecule has 1 atom stereocenters. The Bertz CT molecular complexity index is 680. The van der Waals surface area contributed by atoms with Crippen molar-refractivity contribution in [3.8, 4) is 0 Å². The highest BCUT2D eigenvalue weighted by Crippen LogP contribution is 2.29. The maximum atomic E-state index is 12.4. The Balaban J connectivity index is 1.26. The van der Waals surface area contributed by atoms with Crippen molar-refractivity contribution in [2.24, 2.45) is 0 Å². The normalized spacial score (nSPS) is 25.4. The van der Waals surface area contributed by atoms with Crippen molar-refractivity contribution in [2.45, 2.75) is 57.2 Å². The smallest absolute Gasteiger partial charge is 0.261 e. The van der Waals surface area contributed by atoms with Crippen LogP contribution in [-0.2, 0) is 9.53 Å². The molecule has 1 aromatic heterocycles. The molecule has 1 saturated carbocycles. The SMILES string of the molecule is Cc1ccc(C(=O)NC[C@@H]2CN(C3CCN(C4CCC4)CC3)C(=O)CO2)s1. The number of aryl methyl sites for hydroxylation is 1. The van der Waals surface area contributed by atoms with E-state index in [-0.39, 0.29) is 24.5 Å². The van der Waals surface area contributed by atoms with Crippen LogP contribution in [0.1, 0.15) is 46.7 Å². The average molecular weight is 392 g/mol. The topological polar surface area (TPSA) is 61.9 Å². The standard InChI is InChI=1S/C20H29N3O3S/c1-14-5-6-18(27-14)20(25)21-11-17-12-23(19(24)13-26-17)16-7-9-22(10-8-16)15-3-2-4-15/h5-6,15-17H,2-4,7-13H2,1H3,(H,21,25)/t17-/m1/s1. The zero-order valence-electron chi connectivity index (χ0n) is 16.0. The molecule has 3 aliphatic rings. The zero-order valence-corrected chi connectivity index (χ0v) is 16.8. The van der Waals surface area contributed by atoms with Crippen LogP contribution >= 0.6 is 11.3 Å². The van der Waals surface area contributed by atoms with Crippen molar-refractivity contribution < 1.29 is 14.3 Å². The maximum absolute atomic E-state index is 12.4. The van der Waals surface area contributed by atoms with Crippen LogP contribution < -0.4 is 5.32 Å². The quantitative estimate of drug-likeness (QED) is 0.834. The number of thiophene rings is 1. The fraction of sp³-hybridized carbons (Fsp3) is 0.700. The molecule has 1 N–H and O–H groups in total. The van der Waals surface area contributed by atoms with Crippen molar-refractivity contribution in [2.75, 3.05) is 32.8 Å². The molecular formula is C20H29N3O3S. The lowest BCUT2D eigenvalue weighted by Crippen LogP contribution is -2.57. The summed E-state index contributed by atoms with van der Waals surface area (Å²) in [5.41, 5.74) is 0. The molecule has 3 fully saturated rings. The van der Waals surface area contributed by atoms with Gasteiger partial charge < -0.3 is 19.9 Å². The van der Waals surface area contributed by atoms with Crippen molar-refractivity contribution in [1.82, 2.24) is 15.1 Å². The van der Waals surface area contributed by atoms with E-state index >= 15 is 0 Å². The molecule has 27 heavy (non-hydrogen) atoms. The van der Waals surface area contributed by atoms with Crippen LogP contribution in [0.4, 0.5) is 0 Å². The van der Waals surface area contributed by atoms with Crippen LogP contribution in [0.2, 0.25) is 0 Å². The Hall–Kier alpha value is -1.44. The van der Waals surface area contributed by atoms with Gasteiger partial charge in [0.05, 0.1) is 11.0 Å². The first kappa shape index (κ1) is 18.9. The number of amides is 2. The van der Waals surface area contributed by atoms with E-state index in [1.54, 1.807) is 0 Å². The fourth-order valence-electron chi connectivity index (χ4n) is 4.29. The van der Waals surface area contributed by atoms with Gasteiger partial charge in [0, 0.05) is 43.1 Å². The second kappa shape index (κ2) is 8.29. The minimum absolute atomic E-state index is 0.0612. The van der Waals surface area contributed by atoms with Gasteiger partial charge in [-0.25, -0.2) is 0 Å². The van der Waals surface area contributed by atoms with Crippen LogP contribution in [-0.4, -0.2) is 72.6 Å². The van der Waals surface area contributed by atoms with Gasteiger partial charge >= 0.3 is 0 Å². The molecule has 7 heteroatoms. The van der Waals surface area contributed by atoms with E-state index in [4.69, 9.17) is 4.74 Å². The monoisotopic (exact) mass is 391 g/mol. The molecule has 4 rings (SSSR count). The minimum Gasteiger partial charge on any atom is -0.365 e. The van der Waals surface area contributed by atoms with Gasteiger partial charge in [0.1, 0.15) is 6.61 Å². The predicted molar refractivity (Wildman–Crippen MR) is 105 cm³/mol. The van der Waals surface area contributed by atoms with Crippen LogP contribution in [0, 0.1) is 6.92 Å². The highest BCUT2D eigenvalue weighted by molar-refractivity contribution is 7.13. The van der Waals surface area contributed by atoms with Crippen molar-refractivity contribution in [1.29, 1.82) is 0 Å². The Labute approximate surface area is 164 Å². The Morgan fingerprint density at radius 3 is 2.63 bits per heavy atom. The number of piperidine rings is 1. The molecule has 3 heterocycles. The number of hydrogen-bond acceptors (Lipinski definition) is 5. The van der Waals surface area contributed by atoms with Gasteiger partial charge in [0.15, 0.2) is 0 Å². The van der Waals surface area contributed by atoms with Gasteiger partial charge in [-0.1, -0.05) is 6.42 Å². The number of likely N-dealkylation sites (tertiary alicyclic amines) is 1. The molecule has 0 spiro atoms. The number of ether oxygens (including phenoxy) is 1. The van der Waals surface area contributed by atoms with E-state index in [0.29, 0.717) is 19.1 Å². The summed E-state index contributed by atoms with van der Waals surface area (Å²) in [6, 6.07) is 4.90. The average Bonchev–Trinajstić information content (AvgIpc) is 3.07. The number of nitrogens with zero attached hydrogens (tertiary/aromatic N) is 2. The molecule has 1 aliphatic carbocycles. The van der Waals surface area contributed by atoms with Crippen LogP contribution in [0.25, 0.3) is 0 Å². The van der Waals surface area contributed by atoms with Crippen molar-refractivity contribution in [3.63, 3.8) is 0 Å². The van der Waals surface area contributed by atoms with Crippen LogP contribution in [0.5, 0.6) is 0 Å². The maximum Gasteiger partial charge on any atom is 0.261 e. The molecule has 0 radical (unpaired) electrons. The second-order valence-corrected chi connectivity index (χ2v) is 9.24. The highest BCUT2D eigenvalue weighted by Gasteiger charge is 2.35. The summed E-state index contributed by atoms with van der Waals surface area (Å²) in [5.74, 6) is 0.0301. The minimum atomic E-state index is -0.127. The lowest BCUT2D eigenvalue weighted by molar-refractivity contribution is -0.153. The van der Waals surface area contributed by atoms with Crippen molar-refractivity contribution in [3.05, 3.63) is 21.9 Å². The molecule has 0 unspecified atom stereocenters. The second-order valence-electron chi connectivity index (χ2n) is 7.95. The summed E-state index contributed by atoms with van der Waals surface area (Å²) < 4.78 is 5.68. The van der Waals surface area contributed by atoms with Gasteiger partial charge in [0.2, 0.25) is 5.91 Å². The number of nitrogens with one attached hydrogen (secondary N) is 1. The lowest BCUT2D eigenvalue weighted by Gasteiger charge is -2.45. The number of rotatable bonds is 5. The molecule has 2 saturated heterocycles. The van der Waals surface area contributed by atoms with Gasteiger partial charge in [-0.05, 0) is 44.7 Å². The van der Waals surface area contributed by atoms with E-state index in [2.05, 4.69) is 10.2 Å². The van der Waals surface area contributed by atoms with Gasteiger partial charge in [-0.15, -0.1) is 11.3 Å². The van der Waals surface area contributed by atoms with E-state index in [1.165, 1.54) is 30.6 Å². The predicted octanol–water partition coefficient (Wildman–Crippen LogP) is 2.03. The largest absolute Gasteiger partial charge is 0.365 e. The first-order chi connectivity index (χ1) is 13.1. The molecule has 2 amide bonds. The third-order valence-electron chi connectivity index (χ3n) is 6.15. The van der Waals surface area contributed by atoms with Gasteiger partial charge in [0.25, 0.3) is 5.91 Å². The van der Waals surface area contributed by atoms with Crippen LogP contribution in [0.3, 0.4) is 0 Å². The Morgan fingerprint density at radius 2 is 2.00 bits per heavy atom. The molecule has 2 aliphatic heterocycles. The summed E-state index contributed by atoms with van der Waals surface area (Å²) in [6.07, 6.45) is 6.02. The lowest BCUT2D eigenvalue weighted by atomic mass is 9.89. The van der Waals surface area contributed by atoms with Crippen LogP contribution in [0.15, 0.2) is 12.1 Å². The summed E-state index contributed by atoms with van der Waals surface area (Å²) in [7, 11) is 0. The van der Waals surface area contributed by atoms with E-state index in [1.807, 2.05) is 24.0 Å². The summed E-state index contributed by atoms with van der Waals surface area (Å²) in [5, 5.41) is 2.96. The summed E-state index contributed by atoms with van der Waals surface area (Å²) in [6.45, 7) is 5.34. The van der Waals surface area contributed by atoms with Crippen molar-refractivity contribution >= 4 is 23.2 Å². The van der Waals surface area contributed by atoms with Gasteiger partial charge in [-0.2, -0.15) is 0 Å². The third-order valence-corrected chi connectivity index (χ3v) is 7.15. The fourth-order valence-corrected chi connectivity index (χ4v) is 5.07. The number of morpholine rings is 1. The van der Waals surface area contributed by atoms with E-state index in [0.717, 1.165) is 41.7 Å². The molecular weight excluding hydrogens is 362 g/mol. The molecule has 1 aromatic rings. The first-order valence-corrected chi connectivity index (χ1v) is 10.9. The molecule has 0 bridgehead atoms.